The second-order valence-corrected chi connectivity index (χ2v) is 7.02. The maximum absolute atomic E-state index is 12.7. The van der Waals surface area contributed by atoms with E-state index < -0.39 is 11.9 Å². The standard InChI is InChI=1S/C17H24N4O4/c1-19(10-14(22)21-7-3-4-12(9-21)17(24)25)16(23)13-8-18-20(2)15(13)11-5-6-11/h8,11-12H,3-7,9-10H2,1-2H3,(H,24,25). The Morgan fingerprint density at radius 2 is 2.04 bits per heavy atom. The summed E-state index contributed by atoms with van der Waals surface area (Å²) in [5.74, 6) is -1.42. The molecular formula is C17H24N4O4. The minimum absolute atomic E-state index is 0.0514. The van der Waals surface area contributed by atoms with Gasteiger partial charge in [-0.3, -0.25) is 19.1 Å². The molecule has 1 atom stereocenters. The zero-order valence-corrected chi connectivity index (χ0v) is 14.6. The van der Waals surface area contributed by atoms with Crippen molar-refractivity contribution in [1.82, 2.24) is 19.6 Å². The van der Waals surface area contributed by atoms with Gasteiger partial charge in [-0.1, -0.05) is 0 Å². The van der Waals surface area contributed by atoms with Crippen LogP contribution in [0.25, 0.3) is 0 Å². The number of likely N-dealkylation sites (N-methyl/N-ethyl adjacent to an activating group) is 1. The molecule has 2 amide bonds. The molecule has 1 aromatic rings. The highest BCUT2D eigenvalue weighted by atomic mass is 16.4. The van der Waals surface area contributed by atoms with Crippen LogP contribution in [0, 0.1) is 5.92 Å². The first kappa shape index (κ1) is 17.4. The molecule has 1 aliphatic carbocycles. The average Bonchev–Trinajstić information content (AvgIpc) is 3.36. The number of amides is 2. The van der Waals surface area contributed by atoms with Crippen molar-refractivity contribution >= 4 is 17.8 Å². The van der Waals surface area contributed by atoms with Crippen LogP contribution < -0.4 is 0 Å². The van der Waals surface area contributed by atoms with Crippen molar-refractivity contribution in [3.05, 3.63) is 17.5 Å². The highest BCUT2D eigenvalue weighted by Crippen LogP contribution is 2.41. The molecule has 1 unspecified atom stereocenters. The van der Waals surface area contributed by atoms with E-state index >= 15 is 0 Å². The number of hydrogen-bond donors (Lipinski definition) is 1. The molecule has 8 heteroatoms. The van der Waals surface area contributed by atoms with Crippen molar-refractivity contribution in [3.8, 4) is 0 Å². The molecule has 2 fully saturated rings. The number of aryl methyl sites for hydroxylation is 1. The number of rotatable bonds is 5. The molecule has 1 saturated carbocycles. The molecule has 0 aromatic carbocycles. The second kappa shape index (κ2) is 6.85. The Labute approximate surface area is 146 Å². The molecule has 0 spiro atoms. The third kappa shape index (κ3) is 3.67. The monoisotopic (exact) mass is 348 g/mol. The Morgan fingerprint density at radius 3 is 2.68 bits per heavy atom. The Hall–Kier alpha value is -2.38. The third-order valence-electron chi connectivity index (χ3n) is 5.02. The van der Waals surface area contributed by atoms with Crippen LogP contribution in [0.4, 0.5) is 0 Å². The topological polar surface area (TPSA) is 95.7 Å². The number of carbonyl (C=O) groups is 3. The number of carbonyl (C=O) groups excluding carboxylic acids is 2. The highest BCUT2D eigenvalue weighted by molar-refractivity contribution is 5.97. The molecule has 136 valence electrons. The summed E-state index contributed by atoms with van der Waals surface area (Å²) in [7, 11) is 3.43. The second-order valence-electron chi connectivity index (χ2n) is 7.02. The van der Waals surface area contributed by atoms with Crippen LogP contribution in [0.2, 0.25) is 0 Å². The number of carboxylic acid groups (broad SMARTS) is 1. The number of aromatic nitrogens is 2. The number of hydrogen-bond acceptors (Lipinski definition) is 4. The molecule has 0 bridgehead atoms. The minimum atomic E-state index is -0.869. The molecule has 3 rings (SSSR count). The molecule has 1 aliphatic heterocycles. The number of likely N-dealkylation sites (tertiary alicyclic amines) is 1. The van der Waals surface area contributed by atoms with Gasteiger partial charge >= 0.3 is 5.97 Å². The Balaban J connectivity index is 1.63. The maximum Gasteiger partial charge on any atom is 0.308 e. The molecule has 0 radical (unpaired) electrons. The normalized spacial score (nSPS) is 20.4. The summed E-state index contributed by atoms with van der Waals surface area (Å²) >= 11 is 0. The van der Waals surface area contributed by atoms with Crippen molar-refractivity contribution < 1.29 is 19.5 Å². The fourth-order valence-corrected chi connectivity index (χ4v) is 3.44. The van der Waals surface area contributed by atoms with E-state index in [4.69, 9.17) is 5.11 Å². The van der Waals surface area contributed by atoms with Gasteiger partial charge in [0, 0.05) is 33.1 Å². The number of piperidine rings is 1. The lowest BCUT2D eigenvalue weighted by Crippen LogP contribution is -2.47. The van der Waals surface area contributed by atoms with E-state index in [-0.39, 0.29) is 24.9 Å². The van der Waals surface area contributed by atoms with Gasteiger partial charge in [-0.25, -0.2) is 0 Å². The molecule has 1 saturated heterocycles. The molecule has 2 aliphatic rings. The largest absolute Gasteiger partial charge is 0.481 e. The Morgan fingerprint density at radius 1 is 1.32 bits per heavy atom. The summed E-state index contributed by atoms with van der Waals surface area (Å²) in [5, 5.41) is 13.3. The van der Waals surface area contributed by atoms with Crippen LogP contribution in [-0.2, 0) is 16.6 Å². The molecule has 1 aromatic heterocycles. The summed E-state index contributed by atoms with van der Waals surface area (Å²) in [6.07, 6.45) is 4.96. The van der Waals surface area contributed by atoms with Crippen LogP contribution in [0.15, 0.2) is 6.20 Å². The van der Waals surface area contributed by atoms with Gasteiger partial charge in [0.25, 0.3) is 5.91 Å². The summed E-state index contributed by atoms with van der Waals surface area (Å²) < 4.78 is 1.74. The fourth-order valence-electron chi connectivity index (χ4n) is 3.44. The smallest absolute Gasteiger partial charge is 0.308 e. The predicted molar refractivity (Wildman–Crippen MR) is 89.1 cm³/mol. The van der Waals surface area contributed by atoms with Gasteiger partial charge in [-0.05, 0) is 25.7 Å². The average molecular weight is 348 g/mol. The van der Waals surface area contributed by atoms with Crippen molar-refractivity contribution in [2.45, 2.75) is 31.6 Å². The predicted octanol–water partition coefficient (Wildman–Crippen LogP) is 0.693. The van der Waals surface area contributed by atoms with E-state index in [0.29, 0.717) is 30.9 Å². The molecule has 8 nitrogen and oxygen atoms in total. The molecular weight excluding hydrogens is 324 g/mol. The third-order valence-corrected chi connectivity index (χ3v) is 5.02. The summed E-state index contributed by atoms with van der Waals surface area (Å²) in [5.41, 5.74) is 1.50. The summed E-state index contributed by atoms with van der Waals surface area (Å²) in [6.45, 7) is 0.714. The van der Waals surface area contributed by atoms with E-state index in [0.717, 1.165) is 18.5 Å². The van der Waals surface area contributed by atoms with E-state index in [1.807, 2.05) is 7.05 Å². The van der Waals surface area contributed by atoms with Crippen LogP contribution >= 0.6 is 0 Å². The van der Waals surface area contributed by atoms with Gasteiger partial charge in [0.15, 0.2) is 0 Å². The van der Waals surface area contributed by atoms with Crippen LogP contribution in [0.5, 0.6) is 0 Å². The van der Waals surface area contributed by atoms with Gasteiger partial charge in [0.2, 0.25) is 5.91 Å². The summed E-state index contributed by atoms with van der Waals surface area (Å²) in [4.78, 5) is 39.3. The lowest BCUT2D eigenvalue weighted by atomic mass is 9.98. The van der Waals surface area contributed by atoms with E-state index in [1.54, 1.807) is 22.8 Å². The zero-order valence-electron chi connectivity index (χ0n) is 14.6. The van der Waals surface area contributed by atoms with Crippen molar-refractivity contribution in [2.75, 3.05) is 26.7 Å². The first-order chi connectivity index (χ1) is 11.9. The molecule has 1 N–H and O–H groups in total. The van der Waals surface area contributed by atoms with Crippen molar-refractivity contribution in [3.63, 3.8) is 0 Å². The first-order valence-corrected chi connectivity index (χ1v) is 8.66. The molecule has 2 heterocycles. The Bertz CT molecular complexity index is 695. The van der Waals surface area contributed by atoms with Gasteiger partial charge in [0.1, 0.15) is 0 Å². The zero-order chi connectivity index (χ0) is 18.1. The van der Waals surface area contributed by atoms with E-state index in [1.165, 1.54) is 4.90 Å². The fraction of sp³-hybridized carbons (Fsp3) is 0.647. The lowest BCUT2D eigenvalue weighted by Gasteiger charge is -2.32. The van der Waals surface area contributed by atoms with Crippen molar-refractivity contribution in [2.24, 2.45) is 13.0 Å². The van der Waals surface area contributed by atoms with Crippen LogP contribution in [0.3, 0.4) is 0 Å². The van der Waals surface area contributed by atoms with E-state index in [2.05, 4.69) is 5.10 Å². The lowest BCUT2D eigenvalue weighted by molar-refractivity contribution is -0.145. The van der Waals surface area contributed by atoms with Crippen LogP contribution in [0.1, 0.15) is 47.7 Å². The molecule has 25 heavy (non-hydrogen) atoms. The van der Waals surface area contributed by atoms with Crippen LogP contribution in [-0.4, -0.2) is 69.2 Å². The first-order valence-electron chi connectivity index (χ1n) is 8.66. The van der Waals surface area contributed by atoms with Gasteiger partial charge in [-0.2, -0.15) is 5.10 Å². The maximum atomic E-state index is 12.7. The van der Waals surface area contributed by atoms with Crippen molar-refractivity contribution in [1.29, 1.82) is 0 Å². The number of aliphatic carboxylic acids is 1. The van der Waals surface area contributed by atoms with Gasteiger partial charge < -0.3 is 14.9 Å². The quantitative estimate of drug-likeness (QED) is 0.845. The SMILES string of the molecule is CN(CC(=O)N1CCCC(C(=O)O)C1)C(=O)c1cnn(C)c1C1CC1. The van der Waals surface area contributed by atoms with E-state index in [9.17, 15) is 14.4 Å². The van der Waals surface area contributed by atoms with Gasteiger partial charge in [0.05, 0.1) is 29.9 Å². The van der Waals surface area contributed by atoms with Gasteiger partial charge in [-0.15, -0.1) is 0 Å². The highest BCUT2D eigenvalue weighted by Gasteiger charge is 2.33. The minimum Gasteiger partial charge on any atom is -0.481 e. The Kier molecular flexibility index (Phi) is 4.78. The summed E-state index contributed by atoms with van der Waals surface area (Å²) in [6, 6.07) is 0. The number of nitrogens with zero attached hydrogens (tertiary/aromatic N) is 4. The number of carboxylic acids is 1.